The van der Waals surface area contributed by atoms with Crippen molar-refractivity contribution in [3.63, 3.8) is 0 Å². The minimum Gasteiger partial charge on any atom is -0.311 e. The number of hydrogen-bond acceptors (Lipinski definition) is 4. The van der Waals surface area contributed by atoms with Crippen LogP contribution in [0.25, 0.3) is 0 Å². The molecule has 1 N–H and O–H groups in total. The van der Waals surface area contributed by atoms with Gasteiger partial charge < -0.3 is 5.32 Å². The topological polar surface area (TPSA) is 28.2 Å². The Balaban J connectivity index is 1.68. The zero-order valence-electron chi connectivity index (χ0n) is 11.4. The maximum atomic E-state index is 4.63. The molecule has 0 amide bonds. The van der Waals surface area contributed by atoms with Crippen molar-refractivity contribution in [1.82, 2.24) is 15.2 Å². The van der Waals surface area contributed by atoms with E-state index in [1.165, 1.54) is 43.1 Å². The molecule has 1 aromatic rings. The summed E-state index contributed by atoms with van der Waals surface area (Å²) >= 11 is 1.81. The number of thiazole rings is 1. The Morgan fingerprint density at radius 2 is 2.33 bits per heavy atom. The van der Waals surface area contributed by atoms with Crippen LogP contribution >= 0.6 is 11.3 Å². The summed E-state index contributed by atoms with van der Waals surface area (Å²) < 4.78 is 0. The van der Waals surface area contributed by atoms with Gasteiger partial charge in [0.15, 0.2) is 0 Å². The lowest BCUT2D eigenvalue weighted by atomic mass is 10.0. The van der Waals surface area contributed by atoms with Crippen molar-refractivity contribution in [3.05, 3.63) is 16.1 Å². The van der Waals surface area contributed by atoms with Gasteiger partial charge in [0, 0.05) is 36.2 Å². The standard InChI is InChI=1S/C14H23N3S/c1-3-12-7-17(8-14-16-10(2)9-18-14)13(6-15-12)11-4-5-11/h9,11-13,15H,3-8H2,1-2H3. The smallest absolute Gasteiger partial charge is 0.107 e. The van der Waals surface area contributed by atoms with Gasteiger partial charge in [-0.15, -0.1) is 11.3 Å². The Labute approximate surface area is 114 Å². The summed E-state index contributed by atoms with van der Waals surface area (Å²) in [5.74, 6) is 0.941. The molecule has 1 saturated heterocycles. The van der Waals surface area contributed by atoms with Gasteiger partial charge in [-0.1, -0.05) is 6.92 Å². The van der Waals surface area contributed by atoms with E-state index >= 15 is 0 Å². The largest absolute Gasteiger partial charge is 0.311 e. The van der Waals surface area contributed by atoms with Gasteiger partial charge in [-0.3, -0.25) is 4.90 Å². The first-order valence-corrected chi connectivity index (χ1v) is 8.02. The molecular weight excluding hydrogens is 242 g/mol. The predicted molar refractivity (Wildman–Crippen MR) is 75.9 cm³/mol. The molecule has 1 aliphatic carbocycles. The summed E-state index contributed by atoms with van der Waals surface area (Å²) in [6, 6.07) is 1.41. The minimum absolute atomic E-state index is 0.668. The average Bonchev–Trinajstić information content (AvgIpc) is 3.13. The third-order valence-electron chi connectivity index (χ3n) is 4.20. The minimum atomic E-state index is 0.668. The molecule has 2 aliphatic rings. The number of aryl methyl sites for hydroxylation is 1. The first-order chi connectivity index (χ1) is 8.76. The molecule has 0 bridgehead atoms. The highest BCUT2D eigenvalue weighted by Gasteiger charge is 2.38. The molecule has 1 aliphatic heterocycles. The van der Waals surface area contributed by atoms with Crippen molar-refractivity contribution in [2.45, 2.75) is 51.7 Å². The van der Waals surface area contributed by atoms with Crippen molar-refractivity contribution in [2.75, 3.05) is 13.1 Å². The van der Waals surface area contributed by atoms with Gasteiger partial charge in [-0.05, 0) is 32.1 Å². The van der Waals surface area contributed by atoms with E-state index < -0.39 is 0 Å². The Morgan fingerprint density at radius 1 is 1.50 bits per heavy atom. The lowest BCUT2D eigenvalue weighted by Crippen LogP contribution is -2.56. The average molecular weight is 265 g/mol. The summed E-state index contributed by atoms with van der Waals surface area (Å²) in [5.41, 5.74) is 1.17. The van der Waals surface area contributed by atoms with Crippen LogP contribution in [0.4, 0.5) is 0 Å². The number of nitrogens with zero attached hydrogens (tertiary/aromatic N) is 2. The van der Waals surface area contributed by atoms with Crippen molar-refractivity contribution < 1.29 is 0 Å². The Kier molecular flexibility index (Phi) is 3.68. The van der Waals surface area contributed by atoms with Crippen LogP contribution in [0.2, 0.25) is 0 Å². The highest BCUT2D eigenvalue weighted by atomic mass is 32.1. The summed E-state index contributed by atoms with van der Waals surface area (Å²) in [7, 11) is 0. The molecular formula is C14H23N3S. The molecule has 2 heterocycles. The van der Waals surface area contributed by atoms with Crippen molar-refractivity contribution in [1.29, 1.82) is 0 Å². The molecule has 3 rings (SSSR count). The Bertz CT molecular complexity index is 399. The summed E-state index contributed by atoms with van der Waals surface area (Å²) in [6.45, 7) is 7.79. The van der Waals surface area contributed by atoms with E-state index in [2.05, 4.69) is 34.4 Å². The number of aromatic nitrogens is 1. The second kappa shape index (κ2) is 5.27. The molecule has 3 nitrogen and oxygen atoms in total. The molecule has 2 unspecified atom stereocenters. The molecule has 2 fully saturated rings. The van der Waals surface area contributed by atoms with E-state index in [1.54, 1.807) is 0 Å². The summed E-state index contributed by atoms with van der Waals surface area (Å²) in [4.78, 5) is 7.31. The lowest BCUT2D eigenvalue weighted by Gasteiger charge is -2.40. The zero-order chi connectivity index (χ0) is 12.5. The van der Waals surface area contributed by atoms with Crippen LogP contribution in [-0.4, -0.2) is 35.1 Å². The fourth-order valence-corrected chi connectivity index (χ4v) is 3.75. The summed E-state index contributed by atoms with van der Waals surface area (Å²) in [5, 5.41) is 7.16. The Hall–Kier alpha value is -0.450. The van der Waals surface area contributed by atoms with Crippen LogP contribution in [0.3, 0.4) is 0 Å². The molecule has 18 heavy (non-hydrogen) atoms. The van der Waals surface area contributed by atoms with Crippen LogP contribution < -0.4 is 5.32 Å². The highest BCUT2D eigenvalue weighted by molar-refractivity contribution is 7.09. The molecule has 0 radical (unpaired) electrons. The van der Waals surface area contributed by atoms with E-state index in [4.69, 9.17) is 0 Å². The maximum absolute atomic E-state index is 4.63. The SMILES string of the molecule is CCC1CN(Cc2nc(C)cs2)C(C2CC2)CN1. The fraction of sp³-hybridized carbons (Fsp3) is 0.786. The van der Waals surface area contributed by atoms with Gasteiger partial charge in [0.1, 0.15) is 5.01 Å². The molecule has 0 aromatic carbocycles. The van der Waals surface area contributed by atoms with Gasteiger partial charge in [0.05, 0.1) is 6.54 Å². The van der Waals surface area contributed by atoms with E-state index in [-0.39, 0.29) is 0 Å². The van der Waals surface area contributed by atoms with E-state index in [0.717, 1.165) is 18.5 Å². The van der Waals surface area contributed by atoms with Crippen LogP contribution in [0.5, 0.6) is 0 Å². The van der Waals surface area contributed by atoms with Crippen molar-refractivity contribution >= 4 is 11.3 Å². The van der Waals surface area contributed by atoms with Gasteiger partial charge in [0.25, 0.3) is 0 Å². The third-order valence-corrected chi connectivity index (χ3v) is 5.15. The molecule has 100 valence electrons. The number of hydrogen-bond donors (Lipinski definition) is 1. The first kappa shape index (κ1) is 12.6. The second-order valence-electron chi connectivity index (χ2n) is 5.73. The van der Waals surface area contributed by atoms with Gasteiger partial charge in [-0.25, -0.2) is 4.98 Å². The van der Waals surface area contributed by atoms with Gasteiger partial charge in [-0.2, -0.15) is 0 Å². The van der Waals surface area contributed by atoms with E-state index in [9.17, 15) is 0 Å². The fourth-order valence-electron chi connectivity index (χ4n) is 2.95. The van der Waals surface area contributed by atoms with E-state index in [0.29, 0.717) is 6.04 Å². The van der Waals surface area contributed by atoms with Crippen molar-refractivity contribution in [3.8, 4) is 0 Å². The second-order valence-corrected chi connectivity index (χ2v) is 6.67. The summed E-state index contributed by atoms with van der Waals surface area (Å²) in [6.07, 6.45) is 4.08. The maximum Gasteiger partial charge on any atom is 0.107 e. The lowest BCUT2D eigenvalue weighted by molar-refractivity contribution is 0.106. The quantitative estimate of drug-likeness (QED) is 0.906. The van der Waals surface area contributed by atoms with Crippen molar-refractivity contribution in [2.24, 2.45) is 5.92 Å². The van der Waals surface area contributed by atoms with E-state index in [1.807, 2.05) is 11.3 Å². The molecule has 1 saturated carbocycles. The third kappa shape index (κ3) is 2.76. The number of rotatable bonds is 4. The molecule has 2 atom stereocenters. The normalized spacial score (nSPS) is 29.7. The highest BCUT2D eigenvalue weighted by Crippen LogP contribution is 2.37. The number of nitrogens with one attached hydrogen (secondary N) is 1. The van der Waals surface area contributed by atoms with Crippen LogP contribution in [0.15, 0.2) is 5.38 Å². The van der Waals surface area contributed by atoms with Crippen LogP contribution in [-0.2, 0) is 6.54 Å². The van der Waals surface area contributed by atoms with Crippen LogP contribution in [0.1, 0.15) is 36.9 Å². The van der Waals surface area contributed by atoms with Gasteiger partial charge in [0.2, 0.25) is 0 Å². The predicted octanol–water partition coefficient (Wildman–Crippen LogP) is 2.41. The molecule has 0 spiro atoms. The first-order valence-electron chi connectivity index (χ1n) is 7.14. The van der Waals surface area contributed by atoms with Crippen LogP contribution in [0, 0.1) is 12.8 Å². The zero-order valence-corrected chi connectivity index (χ0v) is 12.2. The Morgan fingerprint density at radius 3 is 2.94 bits per heavy atom. The molecule has 1 aromatic heterocycles. The molecule has 4 heteroatoms. The monoisotopic (exact) mass is 265 g/mol. The number of piperazine rings is 1. The van der Waals surface area contributed by atoms with Gasteiger partial charge >= 0.3 is 0 Å².